The topological polar surface area (TPSA) is 84.4 Å². The molecule has 0 aliphatic rings. The van der Waals surface area contributed by atoms with Gasteiger partial charge in [0.25, 0.3) is 0 Å². The molecule has 1 aromatic rings. The number of hydrogen-bond acceptors (Lipinski definition) is 4. The van der Waals surface area contributed by atoms with Gasteiger partial charge >= 0.3 is 0 Å². The summed E-state index contributed by atoms with van der Waals surface area (Å²) in [6.07, 6.45) is 0. The molecule has 1 heterocycles. The molecule has 0 bridgehead atoms. The highest BCUT2D eigenvalue weighted by Gasteiger charge is 2.20. The summed E-state index contributed by atoms with van der Waals surface area (Å²) in [5, 5.41) is 13.7. The lowest BCUT2D eigenvalue weighted by atomic mass is 10.2. The Hall–Kier alpha value is -1.56. The van der Waals surface area contributed by atoms with Gasteiger partial charge in [0.15, 0.2) is 0 Å². The molecule has 0 aromatic carbocycles. The molecule has 6 nitrogen and oxygen atoms in total. The summed E-state index contributed by atoms with van der Waals surface area (Å²) in [5.41, 5.74) is 6.80. The van der Waals surface area contributed by atoms with Gasteiger partial charge in [-0.3, -0.25) is 9.48 Å². The van der Waals surface area contributed by atoms with Crippen LogP contribution in [-0.4, -0.2) is 33.9 Å². The van der Waals surface area contributed by atoms with E-state index in [1.54, 1.807) is 11.7 Å². The number of carbonyl (C=O) groups is 1. The van der Waals surface area contributed by atoms with Crippen LogP contribution in [0.3, 0.4) is 0 Å². The fourth-order valence-electron chi connectivity index (χ4n) is 2.13. The molecule has 3 N–H and O–H groups in total. The van der Waals surface area contributed by atoms with E-state index in [-0.39, 0.29) is 13.2 Å². The number of anilines is 1. The number of amides is 1. The van der Waals surface area contributed by atoms with Gasteiger partial charge in [0.1, 0.15) is 5.82 Å². The van der Waals surface area contributed by atoms with E-state index in [4.69, 9.17) is 5.73 Å². The van der Waals surface area contributed by atoms with E-state index < -0.39 is 5.91 Å². The number of hydrogen-bond donors (Lipinski definition) is 2. The van der Waals surface area contributed by atoms with Gasteiger partial charge in [-0.05, 0) is 12.8 Å². The van der Waals surface area contributed by atoms with Gasteiger partial charge in [0.05, 0.1) is 18.8 Å². The van der Waals surface area contributed by atoms with Crippen LogP contribution in [0.2, 0.25) is 0 Å². The third-order valence-electron chi connectivity index (χ3n) is 2.70. The molecule has 0 aliphatic carbocycles. The second-order valence-electron chi connectivity index (χ2n) is 4.91. The molecular weight excluding hydrogens is 232 g/mol. The predicted octanol–water partition coefficient (Wildman–Crippen LogP) is 0.169. The van der Waals surface area contributed by atoms with Crippen molar-refractivity contribution in [2.24, 2.45) is 18.7 Å². The summed E-state index contributed by atoms with van der Waals surface area (Å²) in [4.78, 5) is 13.0. The van der Waals surface area contributed by atoms with Gasteiger partial charge in [0, 0.05) is 19.2 Å². The number of aliphatic hydroxyl groups excluding tert-OH is 1. The first-order chi connectivity index (χ1) is 8.36. The van der Waals surface area contributed by atoms with Gasteiger partial charge in [-0.25, -0.2) is 0 Å². The van der Waals surface area contributed by atoms with Crippen LogP contribution in [0.4, 0.5) is 5.82 Å². The standard InChI is InChI=1S/C12H22N4O2/c1-8(2)5-16(6-11(13)18)12-10(7-17)9(3)14-15(12)4/h8,17H,5-7H2,1-4H3,(H2,13,18). The Labute approximate surface area is 107 Å². The third-order valence-corrected chi connectivity index (χ3v) is 2.70. The summed E-state index contributed by atoms with van der Waals surface area (Å²) < 4.78 is 1.69. The Morgan fingerprint density at radius 3 is 2.61 bits per heavy atom. The maximum absolute atomic E-state index is 11.2. The van der Waals surface area contributed by atoms with E-state index in [2.05, 4.69) is 18.9 Å². The number of primary amides is 1. The van der Waals surface area contributed by atoms with Crippen LogP contribution in [0.1, 0.15) is 25.1 Å². The van der Waals surface area contributed by atoms with E-state index >= 15 is 0 Å². The van der Waals surface area contributed by atoms with Crippen molar-refractivity contribution in [3.63, 3.8) is 0 Å². The number of aryl methyl sites for hydroxylation is 2. The first-order valence-corrected chi connectivity index (χ1v) is 6.03. The van der Waals surface area contributed by atoms with Gasteiger partial charge in [0.2, 0.25) is 5.91 Å². The van der Waals surface area contributed by atoms with Crippen molar-refractivity contribution in [2.75, 3.05) is 18.0 Å². The van der Waals surface area contributed by atoms with E-state index in [9.17, 15) is 9.90 Å². The van der Waals surface area contributed by atoms with Crippen molar-refractivity contribution in [1.29, 1.82) is 0 Å². The summed E-state index contributed by atoms with van der Waals surface area (Å²) in [7, 11) is 1.80. The average Bonchev–Trinajstić information content (AvgIpc) is 2.50. The zero-order valence-corrected chi connectivity index (χ0v) is 11.5. The van der Waals surface area contributed by atoms with Crippen molar-refractivity contribution in [2.45, 2.75) is 27.4 Å². The zero-order chi connectivity index (χ0) is 13.9. The highest BCUT2D eigenvalue weighted by atomic mass is 16.3. The van der Waals surface area contributed by atoms with Crippen molar-refractivity contribution >= 4 is 11.7 Å². The molecule has 0 fully saturated rings. The number of aromatic nitrogens is 2. The van der Waals surface area contributed by atoms with Gasteiger partial charge in [-0.1, -0.05) is 13.8 Å². The minimum absolute atomic E-state index is 0.0949. The smallest absolute Gasteiger partial charge is 0.236 e. The SMILES string of the molecule is Cc1nn(C)c(N(CC(N)=O)CC(C)C)c1CO. The fraction of sp³-hybridized carbons (Fsp3) is 0.667. The number of rotatable bonds is 6. The summed E-state index contributed by atoms with van der Waals surface area (Å²) >= 11 is 0. The highest BCUT2D eigenvalue weighted by Crippen LogP contribution is 2.23. The zero-order valence-electron chi connectivity index (χ0n) is 11.5. The van der Waals surface area contributed by atoms with E-state index in [0.717, 1.165) is 17.1 Å². The minimum Gasteiger partial charge on any atom is -0.391 e. The quantitative estimate of drug-likeness (QED) is 0.758. The van der Waals surface area contributed by atoms with Crippen molar-refractivity contribution in [3.05, 3.63) is 11.3 Å². The summed E-state index contributed by atoms with van der Waals surface area (Å²) in [6.45, 7) is 6.69. The maximum atomic E-state index is 11.2. The molecule has 0 aliphatic heterocycles. The first-order valence-electron chi connectivity index (χ1n) is 6.03. The van der Waals surface area contributed by atoms with Crippen molar-refractivity contribution in [3.8, 4) is 0 Å². The van der Waals surface area contributed by atoms with Crippen molar-refractivity contribution in [1.82, 2.24) is 9.78 Å². The molecule has 102 valence electrons. The normalized spacial score (nSPS) is 11.0. The molecule has 0 saturated heterocycles. The molecule has 0 saturated carbocycles. The van der Waals surface area contributed by atoms with Crippen LogP contribution in [0.25, 0.3) is 0 Å². The van der Waals surface area contributed by atoms with Gasteiger partial charge < -0.3 is 15.7 Å². The Morgan fingerprint density at radius 2 is 2.17 bits per heavy atom. The Balaban J connectivity index is 3.14. The number of carbonyl (C=O) groups excluding carboxylic acids is 1. The Kier molecular flexibility index (Phi) is 4.72. The number of nitrogens with zero attached hydrogens (tertiary/aromatic N) is 3. The summed E-state index contributed by atoms with van der Waals surface area (Å²) in [5.74, 6) is 0.756. The van der Waals surface area contributed by atoms with Crippen LogP contribution >= 0.6 is 0 Å². The first kappa shape index (κ1) is 14.5. The second-order valence-corrected chi connectivity index (χ2v) is 4.91. The molecule has 0 radical (unpaired) electrons. The molecule has 0 atom stereocenters. The predicted molar refractivity (Wildman–Crippen MR) is 70.1 cm³/mol. The van der Waals surface area contributed by atoms with E-state index in [1.807, 2.05) is 11.8 Å². The number of nitrogens with two attached hydrogens (primary N) is 1. The molecule has 18 heavy (non-hydrogen) atoms. The molecule has 1 aromatic heterocycles. The molecule has 0 spiro atoms. The molecule has 1 amide bonds. The van der Waals surface area contributed by atoms with Gasteiger partial charge in [-0.15, -0.1) is 0 Å². The summed E-state index contributed by atoms with van der Waals surface area (Å²) in [6, 6.07) is 0. The van der Waals surface area contributed by atoms with Crippen LogP contribution in [-0.2, 0) is 18.4 Å². The van der Waals surface area contributed by atoms with Crippen LogP contribution in [0.15, 0.2) is 0 Å². The average molecular weight is 254 g/mol. The molecular formula is C12H22N4O2. The van der Waals surface area contributed by atoms with Gasteiger partial charge in [-0.2, -0.15) is 5.10 Å². The van der Waals surface area contributed by atoms with Crippen LogP contribution in [0, 0.1) is 12.8 Å². The third kappa shape index (κ3) is 3.22. The lowest BCUT2D eigenvalue weighted by Crippen LogP contribution is -2.38. The Morgan fingerprint density at radius 1 is 1.56 bits per heavy atom. The van der Waals surface area contributed by atoms with Crippen molar-refractivity contribution < 1.29 is 9.90 Å². The fourth-order valence-corrected chi connectivity index (χ4v) is 2.13. The lowest BCUT2D eigenvalue weighted by Gasteiger charge is -2.26. The van der Waals surface area contributed by atoms with Crippen LogP contribution < -0.4 is 10.6 Å². The van der Waals surface area contributed by atoms with E-state index in [0.29, 0.717) is 12.5 Å². The monoisotopic (exact) mass is 254 g/mol. The number of aliphatic hydroxyl groups is 1. The molecule has 0 unspecified atom stereocenters. The highest BCUT2D eigenvalue weighted by molar-refractivity contribution is 5.79. The second kappa shape index (κ2) is 5.86. The lowest BCUT2D eigenvalue weighted by molar-refractivity contribution is -0.116. The van der Waals surface area contributed by atoms with E-state index in [1.165, 1.54) is 0 Å². The largest absolute Gasteiger partial charge is 0.391 e. The van der Waals surface area contributed by atoms with Crippen LogP contribution in [0.5, 0.6) is 0 Å². The minimum atomic E-state index is -0.390. The molecule has 1 rings (SSSR count). The Bertz CT molecular complexity index is 426. The molecule has 6 heteroatoms. The maximum Gasteiger partial charge on any atom is 0.236 e.